The molecule has 1 aromatic carbocycles. The quantitative estimate of drug-likeness (QED) is 0.493. The van der Waals surface area contributed by atoms with E-state index in [2.05, 4.69) is 21.2 Å². The van der Waals surface area contributed by atoms with Gasteiger partial charge in [0.15, 0.2) is 0 Å². The fourth-order valence-electron chi connectivity index (χ4n) is 1.99. The Morgan fingerprint density at radius 3 is 2.27 bits per heavy atom. The lowest BCUT2D eigenvalue weighted by Crippen LogP contribution is -2.32. The summed E-state index contributed by atoms with van der Waals surface area (Å²) in [4.78, 5) is 23.1. The van der Waals surface area contributed by atoms with Gasteiger partial charge in [0.2, 0.25) is 6.29 Å². The molecule has 1 rings (SSSR count). The maximum absolute atomic E-state index is 11.8. The van der Waals surface area contributed by atoms with E-state index in [9.17, 15) is 9.59 Å². The van der Waals surface area contributed by atoms with Gasteiger partial charge in [0.25, 0.3) is 0 Å². The van der Waals surface area contributed by atoms with Crippen LogP contribution in [0.25, 0.3) is 0 Å². The standard InChI is InChI=1S/C17H24BrNO7/c1-10(2)24-17(21)26-11(3)25-16(20)19-7-6-12-8-15(23-5)13(18)9-14(12)22-4/h8-11H,6-7H2,1-5H3,(H,19,20). The maximum Gasteiger partial charge on any atom is 0.511 e. The largest absolute Gasteiger partial charge is 0.511 e. The van der Waals surface area contributed by atoms with Gasteiger partial charge in [-0.25, -0.2) is 9.59 Å². The molecule has 1 N–H and O–H groups in total. The van der Waals surface area contributed by atoms with Crippen LogP contribution in [0.1, 0.15) is 26.3 Å². The summed E-state index contributed by atoms with van der Waals surface area (Å²) < 4.78 is 25.9. The Balaban J connectivity index is 2.47. The van der Waals surface area contributed by atoms with Crippen LogP contribution in [0, 0.1) is 0 Å². The van der Waals surface area contributed by atoms with Crippen LogP contribution in [0.3, 0.4) is 0 Å². The van der Waals surface area contributed by atoms with E-state index in [1.54, 1.807) is 34.1 Å². The van der Waals surface area contributed by atoms with E-state index >= 15 is 0 Å². The van der Waals surface area contributed by atoms with Crippen LogP contribution in [0.2, 0.25) is 0 Å². The molecule has 146 valence electrons. The number of carbonyl (C=O) groups excluding carboxylic acids is 2. The molecule has 1 atom stereocenters. The van der Waals surface area contributed by atoms with E-state index in [1.165, 1.54) is 6.92 Å². The number of nitrogens with one attached hydrogen (secondary N) is 1. The second-order valence-electron chi connectivity index (χ2n) is 5.48. The fourth-order valence-corrected chi connectivity index (χ4v) is 2.47. The molecule has 0 saturated heterocycles. The Morgan fingerprint density at radius 2 is 1.69 bits per heavy atom. The first-order valence-corrected chi connectivity index (χ1v) is 8.78. The first-order valence-electron chi connectivity index (χ1n) is 7.99. The minimum atomic E-state index is -1.07. The molecule has 0 aromatic heterocycles. The van der Waals surface area contributed by atoms with E-state index in [4.69, 9.17) is 23.7 Å². The molecule has 8 nitrogen and oxygen atoms in total. The molecule has 1 aromatic rings. The van der Waals surface area contributed by atoms with Gasteiger partial charge in [-0.1, -0.05) is 0 Å². The SMILES string of the molecule is COc1cc(CCNC(=O)OC(C)OC(=O)OC(C)C)c(OC)cc1Br. The van der Waals surface area contributed by atoms with E-state index in [0.717, 1.165) is 10.0 Å². The van der Waals surface area contributed by atoms with Crippen LogP contribution in [0.5, 0.6) is 11.5 Å². The molecular weight excluding hydrogens is 410 g/mol. The molecule has 1 amide bonds. The van der Waals surface area contributed by atoms with Gasteiger partial charge in [0, 0.05) is 13.5 Å². The highest BCUT2D eigenvalue weighted by Crippen LogP contribution is 2.32. The van der Waals surface area contributed by atoms with Crippen molar-refractivity contribution in [2.45, 2.75) is 39.6 Å². The zero-order valence-electron chi connectivity index (χ0n) is 15.5. The van der Waals surface area contributed by atoms with Gasteiger partial charge >= 0.3 is 12.2 Å². The average Bonchev–Trinajstić information content (AvgIpc) is 2.54. The van der Waals surface area contributed by atoms with E-state index in [1.807, 2.05) is 6.07 Å². The lowest BCUT2D eigenvalue weighted by Gasteiger charge is -2.16. The normalized spacial score (nSPS) is 11.5. The monoisotopic (exact) mass is 433 g/mol. The van der Waals surface area contributed by atoms with Gasteiger partial charge in [-0.3, -0.25) is 0 Å². The average molecular weight is 434 g/mol. The van der Waals surface area contributed by atoms with Crippen molar-refractivity contribution in [2.24, 2.45) is 0 Å². The Morgan fingerprint density at radius 1 is 1.04 bits per heavy atom. The van der Waals surface area contributed by atoms with Gasteiger partial charge in [0.1, 0.15) is 11.5 Å². The van der Waals surface area contributed by atoms with Crippen molar-refractivity contribution in [3.63, 3.8) is 0 Å². The van der Waals surface area contributed by atoms with E-state index in [0.29, 0.717) is 24.5 Å². The molecule has 0 aliphatic carbocycles. The zero-order chi connectivity index (χ0) is 19.7. The second kappa shape index (κ2) is 10.7. The summed E-state index contributed by atoms with van der Waals surface area (Å²) in [5, 5.41) is 2.58. The number of methoxy groups -OCH3 is 2. The molecule has 9 heteroatoms. The topological polar surface area (TPSA) is 92.3 Å². The molecule has 26 heavy (non-hydrogen) atoms. The summed E-state index contributed by atoms with van der Waals surface area (Å²) in [7, 11) is 3.13. The van der Waals surface area contributed by atoms with Crippen molar-refractivity contribution in [3.8, 4) is 11.5 Å². The lowest BCUT2D eigenvalue weighted by molar-refractivity contribution is -0.0800. The molecule has 0 heterocycles. The highest BCUT2D eigenvalue weighted by Gasteiger charge is 2.16. The summed E-state index contributed by atoms with van der Waals surface area (Å²) in [6.45, 7) is 5.09. The minimum Gasteiger partial charge on any atom is -0.496 e. The molecule has 0 aliphatic heterocycles. The van der Waals surface area contributed by atoms with Crippen LogP contribution < -0.4 is 14.8 Å². The first kappa shape index (κ1) is 21.9. The van der Waals surface area contributed by atoms with Gasteiger partial charge in [-0.2, -0.15) is 0 Å². The third kappa shape index (κ3) is 7.38. The van der Waals surface area contributed by atoms with Crippen LogP contribution in [0.15, 0.2) is 16.6 Å². The molecular formula is C17H24BrNO7. The molecule has 0 radical (unpaired) electrons. The smallest absolute Gasteiger partial charge is 0.496 e. The first-order chi connectivity index (χ1) is 12.3. The van der Waals surface area contributed by atoms with Crippen molar-refractivity contribution < 1.29 is 33.3 Å². The predicted molar refractivity (Wildman–Crippen MR) is 97.6 cm³/mol. The number of amides is 1. The molecule has 0 bridgehead atoms. The highest BCUT2D eigenvalue weighted by molar-refractivity contribution is 9.10. The number of carbonyl (C=O) groups is 2. The number of hydrogen-bond donors (Lipinski definition) is 1. The number of benzene rings is 1. The van der Waals surface area contributed by atoms with Gasteiger partial charge in [-0.05, 0) is 53.9 Å². The Labute approximate surface area is 161 Å². The van der Waals surface area contributed by atoms with Crippen molar-refractivity contribution in [3.05, 3.63) is 22.2 Å². The third-order valence-corrected chi connectivity index (χ3v) is 3.71. The van der Waals surface area contributed by atoms with E-state index in [-0.39, 0.29) is 6.10 Å². The third-order valence-electron chi connectivity index (χ3n) is 3.09. The van der Waals surface area contributed by atoms with Crippen LogP contribution >= 0.6 is 15.9 Å². The summed E-state index contributed by atoms with van der Waals surface area (Å²) in [6.07, 6.45) is -2.50. The summed E-state index contributed by atoms with van der Waals surface area (Å²) in [6, 6.07) is 3.62. The number of hydrogen-bond acceptors (Lipinski definition) is 7. The molecule has 0 spiro atoms. The van der Waals surface area contributed by atoms with Gasteiger partial charge in [0.05, 0.1) is 24.8 Å². The van der Waals surface area contributed by atoms with Crippen LogP contribution in [0.4, 0.5) is 9.59 Å². The molecule has 0 saturated carbocycles. The molecule has 0 aliphatic rings. The predicted octanol–water partition coefficient (Wildman–Crippen LogP) is 3.64. The van der Waals surface area contributed by atoms with Crippen molar-refractivity contribution >= 4 is 28.2 Å². The Hall–Kier alpha value is -2.16. The summed E-state index contributed by atoms with van der Waals surface area (Å²) in [5.41, 5.74) is 0.859. The van der Waals surface area contributed by atoms with Crippen LogP contribution in [-0.4, -0.2) is 45.4 Å². The highest BCUT2D eigenvalue weighted by atomic mass is 79.9. The van der Waals surface area contributed by atoms with Gasteiger partial charge in [-0.15, -0.1) is 0 Å². The Kier molecular flexibility index (Phi) is 9.04. The van der Waals surface area contributed by atoms with Crippen molar-refractivity contribution in [1.82, 2.24) is 5.32 Å². The minimum absolute atomic E-state index is 0.295. The maximum atomic E-state index is 11.8. The van der Waals surface area contributed by atoms with Crippen molar-refractivity contribution in [1.29, 1.82) is 0 Å². The zero-order valence-corrected chi connectivity index (χ0v) is 17.0. The lowest BCUT2D eigenvalue weighted by atomic mass is 10.1. The van der Waals surface area contributed by atoms with Crippen molar-refractivity contribution in [2.75, 3.05) is 20.8 Å². The van der Waals surface area contributed by atoms with E-state index < -0.39 is 18.5 Å². The number of ether oxygens (including phenoxy) is 5. The van der Waals surface area contributed by atoms with Gasteiger partial charge < -0.3 is 29.0 Å². The fraction of sp³-hybridized carbons (Fsp3) is 0.529. The molecule has 1 unspecified atom stereocenters. The second-order valence-corrected chi connectivity index (χ2v) is 6.34. The number of halogens is 1. The number of rotatable bonds is 8. The molecule has 0 fully saturated rings. The Bertz CT molecular complexity index is 621. The van der Waals surface area contributed by atoms with Crippen LogP contribution in [-0.2, 0) is 20.6 Å². The summed E-state index contributed by atoms with van der Waals surface area (Å²) >= 11 is 3.39. The summed E-state index contributed by atoms with van der Waals surface area (Å²) in [5.74, 6) is 1.33. The number of alkyl carbamates (subject to hydrolysis) is 1.